The zero-order valence-electron chi connectivity index (χ0n) is 9.95. The fraction of sp³-hybridized carbons (Fsp3) is 0.909. The Hall–Kier alpha value is -0.650. The number of nitrogens with zero attached hydrogens (tertiary/aromatic N) is 1. The molecule has 2 N–H and O–H groups in total. The van der Waals surface area contributed by atoms with Crippen molar-refractivity contribution < 1.29 is 14.6 Å². The highest BCUT2D eigenvalue weighted by Gasteiger charge is 2.20. The van der Waals surface area contributed by atoms with E-state index in [1.165, 1.54) is 0 Å². The molecule has 0 aromatic heterocycles. The molecule has 0 aromatic carbocycles. The predicted octanol–water partition coefficient (Wildman–Crippen LogP) is -0.404. The van der Waals surface area contributed by atoms with Crippen molar-refractivity contribution in [3.63, 3.8) is 0 Å². The third-order valence-electron chi connectivity index (χ3n) is 2.74. The molecule has 1 fully saturated rings. The van der Waals surface area contributed by atoms with Gasteiger partial charge in [-0.15, -0.1) is 0 Å². The lowest BCUT2D eigenvalue weighted by molar-refractivity contribution is -0.123. The van der Waals surface area contributed by atoms with E-state index in [1.54, 1.807) is 0 Å². The molecule has 16 heavy (non-hydrogen) atoms. The van der Waals surface area contributed by atoms with Gasteiger partial charge < -0.3 is 15.2 Å². The van der Waals surface area contributed by atoms with E-state index in [2.05, 4.69) is 10.2 Å². The van der Waals surface area contributed by atoms with Gasteiger partial charge in [0.25, 0.3) is 0 Å². The summed E-state index contributed by atoms with van der Waals surface area (Å²) in [7, 11) is 0. The molecule has 0 saturated carbocycles. The standard InChI is InChI=1S/C11H22N2O3/c1-2-16-10-3-6-13(7-4-10)9-11(15)12-5-8-14/h10,14H,2-9H2,1H3,(H,12,15). The van der Waals surface area contributed by atoms with Gasteiger partial charge in [0.05, 0.1) is 19.3 Å². The Bertz CT molecular complexity index is 203. The lowest BCUT2D eigenvalue weighted by Crippen LogP contribution is -2.43. The highest BCUT2D eigenvalue weighted by Crippen LogP contribution is 2.12. The molecule has 0 atom stereocenters. The Morgan fingerprint density at radius 3 is 2.75 bits per heavy atom. The number of amides is 1. The summed E-state index contributed by atoms with van der Waals surface area (Å²) >= 11 is 0. The minimum atomic E-state index is -0.0103. The van der Waals surface area contributed by atoms with Crippen molar-refractivity contribution in [2.45, 2.75) is 25.9 Å². The van der Waals surface area contributed by atoms with Crippen molar-refractivity contribution in [3.8, 4) is 0 Å². The summed E-state index contributed by atoms with van der Waals surface area (Å²) in [4.78, 5) is 13.5. The van der Waals surface area contributed by atoms with Crippen LogP contribution in [0.4, 0.5) is 0 Å². The zero-order chi connectivity index (χ0) is 11.8. The number of carbonyl (C=O) groups is 1. The third-order valence-corrected chi connectivity index (χ3v) is 2.74. The fourth-order valence-corrected chi connectivity index (χ4v) is 1.92. The maximum absolute atomic E-state index is 11.4. The second kappa shape index (κ2) is 7.60. The van der Waals surface area contributed by atoms with Crippen LogP contribution in [-0.2, 0) is 9.53 Å². The average Bonchev–Trinajstić information content (AvgIpc) is 2.29. The first-order valence-corrected chi connectivity index (χ1v) is 5.97. The van der Waals surface area contributed by atoms with Gasteiger partial charge in [0, 0.05) is 26.2 Å². The van der Waals surface area contributed by atoms with Gasteiger partial charge in [0.1, 0.15) is 0 Å². The van der Waals surface area contributed by atoms with Crippen LogP contribution in [0.1, 0.15) is 19.8 Å². The molecule has 1 heterocycles. The summed E-state index contributed by atoms with van der Waals surface area (Å²) in [5.41, 5.74) is 0. The first kappa shape index (κ1) is 13.4. The van der Waals surface area contributed by atoms with Crippen molar-refractivity contribution in [3.05, 3.63) is 0 Å². The van der Waals surface area contributed by atoms with E-state index in [4.69, 9.17) is 9.84 Å². The van der Waals surface area contributed by atoms with E-state index in [0.29, 0.717) is 19.2 Å². The second-order valence-corrected chi connectivity index (χ2v) is 4.00. The SMILES string of the molecule is CCOC1CCN(CC(=O)NCCO)CC1. The number of carbonyl (C=O) groups excluding carboxylic acids is 1. The molecule has 5 nitrogen and oxygen atoms in total. The molecule has 0 bridgehead atoms. The van der Waals surface area contributed by atoms with Gasteiger partial charge in [-0.25, -0.2) is 0 Å². The number of aliphatic hydroxyl groups excluding tert-OH is 1. The number of piperidine rings is 1. The molecule has 1 aliphatic heterocycles. The lowest BCUT2D eigenvalue weighted by Gasteiger charge is -2.31. The van der Waals surface area contributed by atoms with Crippen LogP contribution < -0.4 is 5.32 Å². The van der Waals surface area contributed by atoms with Crippen molar-refractivity contribution in [1.29, 1.82) is 0 Å². The zero-order valence-corrected chi connectivity index (χ0v) is 9.95. The largest absolute Gasteiger partial charge is 0.395 e. The molecular weight excluding hydrogens is 208 g/mol. The summed E-state index contributed by atoms with van der Waals surface area (Å²) < 4.78 is 5.54. The summed E-state index contributed by atoms with van der Waals surface area (Å²) in [6.45, 7) is 5.37. The molecule has 0 radical (unpaired) electrons. The molecule has 1 rings (SSSR count). The highest BCUT2D eigenvalue weighted by atomic mass is 16.5. The van der Waals surface area contributed by atoms with E-state index in [9.17, 15) is 4.79 Å². The number of hydrogen-bond donors (Lipinski definition) is 2. The molecule has 0 aliphatic carbocycles. The maximum atomic E-state index is 11.4. The molecular formula is C11H22N2O3. The van der Waals surface area contributed by atoms with Crippen LogP contribution >= 0.6 is 0 Å². The van der Waals surface area contributed by atoms with E-state index in [-0.39, 0.29) is 12.5 Å². The Kier molecular flexibility index (Phi) is 6.37. The quantitative estimate of drug-likeness (QED) is 0.651. The minimum Gasteiger partial charge on any atom is -0.395 e. The molecule has 1 aliphatic rings. The summed E-state index contributed by atoms with van der Waals surface area (Å²) in [5.74, 6) is -0.0103. The van der Waals surface area contributed by atoms with Crippen LogP contribution in [-0.4, -0.2) is 61.4 Å². The number of likely N-dealkylation sites (tertiary alicyclic amines) is 1. The van der Waals surface area contributed by atoms with Crippen molar-refractivity contribution in [2.75, 3.05) is 39.4 Å². The van der Waals surface area contributed by atoms with Crippen LogP contribution in [0.25, 0.3) is 0 Å². The Morgan fingerprint density at radius 2 is 2.19 bits per heavy atom. The molecule has 0 aromatic rings. The molecule has 94 valence electrons. The van der Waals surface area contributed by atoms with Crippen LogP contribution in [0.2, 0.25) is 0 Å². The van der Waals surface area contributed by atoms with E-state index in [0.717, 1.165) is 32.5 Å². The van der Waals surface area contributed by atoms with Crippen LogP contribution in [0.15, 0.2) is 0 Å². The first-order valence-electron chi connectivity index (χ1n) is 5.97. The smallest absolute Gasteiger partial charge is 0.234 e. The number of hydrogen-bond acceptors (Lipinski definition) is 4. The summed E-state index contributed by atoms with van der Waals surface area (Å²) in [6, 6.07) is 0. The summed E-state index contributed by atoms with van der Waals surface area (Å²) in [5, 5.41) is 11.2. The summed E-state index contributed by atoms with van der Waals surface area (Å²) in [6.07, 6.45) is 2.36. The van der Waals surface area contributed by atoms with Gasteiger partial charge in [-0.1, -0.05) is 0 Å². The van der Waals surface area contributed by atoms with Crippen molar-refractivity contribution in [1.82, 2.24) is 10.2 Å². The van der Waals surface area contributed by atoms with Gasteiger partial charge in [0.15, 0.2) is 0 Å². The Morgan fingerprint density at radius 1 is 1.50 bits per heavy atom. The van der Waals surface area contributed by atoms with Crippen molar-refractivity contribution in [2.24, 2.45) is 0 Å². The molecule has 1 amide bonds. The van der Waals surface area contributed by atoms with Crippen LogP contribution in [0.5, 0.6) is 0 Å². The van der Waals surface area contributed by atoms with Gasteiger partial charge in [-0.3, -0.25) is 9.69 Å². The normalized spacial score (nSPS) is 18.6. The van der Waals surface area contributed by atoms with Crippen LogP contribution in [0.3, 0.4) is 0 Å². The minimum absolute atomic E-state index is 0.00183. The highest BCUT2D eigenvalue weighted by molar-refractivity contribution is 5.77. The monoisotopic (exact) mass is 230 g/mol. The van der Waals surface area contributed by atoms with Gasteiger partial charge in [-0.2, -0.15) is 0 Å². The number of rotatable bonds is 6. The third kappa shape index (κ3) is 4.92. The van der Waals surface area contributed by atoms with E-state index < -0.39 is 0 Å². The van der Waals surface area contributed by atoms with Gasteiger partial charge in [0.2, 0.25) is 5.91 Å². The predicted molar refractivity (Wildman–Crippen MR) is 61.2 cm³/mol. The molecule has 0 spiro atoms. The van der Waals surface area contributed by atoms with Gasteiger partial charge in [-0.05, 0) is 19.8 Å². The molecule has 1 saturated heterocycles. The van der Waals surface area contributed by atoms with Crippen LogP contribution in [0, 0.1) is 0 Å². The topological polar surface area (TPSA) is 61.8 Å². The number of nitrogens with one attached hydrogen (secondary N) is 1. The van der Waals surface area contributed by atoms with E-state index >= 15 is 0 Å². The molecule has 0 unspecified atom stereocenters. The lowest BCUT2D eigenvalue weighted by atomic mass is 10.1. The Balaban J connectivity index is 2.14. The average molecular weight is 230 g/mol. The maximum Gasteiger partial charge on any atom is 0.234 e. The van der Waals surface area contributed by atoms with E-state index in [1.807, 2.05) is 6.92 Å². The fourth-order valence-electron chi connectivity index (χ4n) is 1.92. The van der Waals surface area contributed by atoms with Crippen molar-refractivity contribution >= 4 is 5.91 Å². The Labute approximate surface area is 96.8 Å². The first-order chi connectivity index (χ1) is 7.76. The van der Waals surface area contributed by atoms with Gasteiger partial charge >= 0.3 is 0 Å². The second-order valence-electron chi connectivity index (χ2n) is 4.00. The molecule has 5 heteroatoms. The number of aliphatic hydroxyl groups is 1. The number of ether oxygens (including phenoxy) is 1.